The van der Waals surface area contributed by atoms with Crippen molar-refractivity contribution >= 4 is 42.1 Å². The summed E-state index contributed by atoms with van der Waals surface area (Å²) in [5, 5.41) is 70.7. The van der Waals surface area contributed by atoms with E-state index >= 15 is 0 Å². The number of hydrogen-bond acceptors (Lipinski definition) is 17. The first-order valence-corrected chi connectivity index (χ1v) is 16.0. The van der Waals surface area contributed by atoms with E-state index in [-0.39, 0.29) is 23.1 Å². The Balaban J connectivity index is 1.71. The van der Waals surface area contributed by atoms with Gasteiger partial charge in [0.1, 0.15) is 12.2 Å². The van der Waals surface area contributed by atoms with E-state index in [4.69, 9.17) is 24.2 Å². The highest BCUT2D eigenvalue weighted by Crippen LogP contribution is 2.44. The Morgan fingerprint density at radius 3 is 1.37 bits per heavy atom. The van der Waals surface area contributed by atoms with Gasteiger partial charge in [-0.2, -0.15) is 0 Å². The average molecular weight is 753 g/mol. The van der Waals surface area contributed by atoms with Crippen molar-refractivity contribution in [1.29, 1.82) is 0 Å². The van der Waals surface area contributed by atoms with E-state index in [9.17, 15) is 49.8 Å². The summed E-state index contributed by atoms with van der Waals surface area (Å²) in [5.41, 5.74) is -0.817. The molecule has 0 saturated heterocycles. The highest BCUT2D eigenvalue weighted by molar-refractivity contribution is 5.89. The van der Waals surface area contributed by atoms with Gasteiger partial charge in [0.05, 0.1) is 19.1 Å². The lowest BCUT2D eigenvalue weighted by atomic mass is 9.68. The van der Waals surface area contributed by atoms with Gasteiger partial charge in [-0.1, -0.05) is 23.2 Å². The molecule has 4 rings (SSSR count). The van der Waals surface area contributed by atoms with E-state index in [1.54, 1.807) is 0 Å². The van der Waals surface area contributed by atoms with Crippen LogP contribution in [-0.4, -0.2) is 91.8 Å². The number of carbonyl (C=O) groups is 4. The van der Waals surface area contributed by atoms with Crippen molar-refractivity contribution in [1.82, 2.24) is 0 Å². The molecule has 7 N–H and O–H groups in total. The zero-order valence-corrected chi connectivity index (χ0v) is 28.4. The van der Waals surface area contributed by atoms with Crippen molar-refractivity contribution in [2.24, 2.45) is 5.41 Å². The van der Waals surface area contributed by atoms with Gasteiger partial charge in [-0.3, -0.25) is 4.79 Å². The van der Waals surface area contributed by atoms with Crippen LogP contribution in [0.5, 0.6) is 34.5 Å². The lowest BCUT2D eigenvalue weighted by Gasteiger charge is -2.44. The van der Waals surface area contributed by atoms with Crippen molar-refractivity contribution in [3.8, 4) is 34.5 Å². The molecule has 0 aromatic heterocycles. The minimum Gasteiger partial charge on any atom is -0.504 e. The van der Waals surface area contributed by atoms with Crippen LogP contribution in [-0.2, 0) is 48.1 Å². The Labute approximate surface area is 306 Å². The number of esters is 4. The fourth-order valence-corrected chi connectivity index (χ4v) is 5.63. The van der Waals surface area contributed by atoms with Gasteiger partial charge in [0.2, 0.25) is 0 Å². The van der Waals surface area contributed by atoms with Gasteiger partial charge < -0.3 is 49.6 Å². The third-order valence-corrected chi connectivity index (χ3v) is 8.27. The first kappa shape index (κ1) is 40.2. The number of carbonyl (C=O) groups excluding carboxylic acids is 4. The maximum Gasteiger partial charge on any atom is 0.331 e. The summed E-state index contributed by atoms with van der Waals surface area (Å²) in [7, 11) is 1.08. The molecular formula is C37H36O17. The topological polar surface area (TPSA) is 265 Å². The van der Waals surface area contributed by atoms with Crippen molar-refractivity contribution in [2.45, 2.75) is 37.6 Å². The van der Waals surface area contributed by atoms with Crippen LogP contribution in [0, 0.1) is 5.41 Å². The van der Waals surface area contributed by atoms with Gasteiger partial charge in [0, 0.05) is 31.1 Å². The average Bonchev–Trinajstić information content (AvgIpc) is 3.14. The molecule has 0 heterocycles. The molecule has 54 heavy (non-hydrogen) atoms. The first-order chi connectivity index (χ1) is 25.7. The molecule has 286 valence electrons. The summed E-state index contributed by atoms with van der Waals surface area (Å²) < 4.78 is 22.2. The molecular weight excluding hydrogens is 716 g/mol. The molecule has 3 aromatic rings. The van der Waals surface area contributed by atoms with E-state index in [1.165, 1.54) is 66.8 Å². The third kappa shape index (κ3) is 10.7. The molecule has 1 saturated carbocycles. The van der Waals surface area contributed by atoms with Crippen molar-refractivity contribution in [2.75, 3.05) is 13.7 Å². The van der Waals surface area contributed by atoms with Crippen LogP contribution in [0.4, 0.5) is 0 Å². The predicted octanol–water partition coefficient (Wildman–Crippen LogP) is 3.86. The summed E-state index contributed by atoms with van der Waals surface area (Å²) in [6.45, 7) is -0.409. The molecule has 17 nitrogen and oxygen atoms in total. The predicted molar refractivity (Wildman–Crippen MR) is 184 cm³/mol. The Bertz CT molecular complexity index is 1850. The summed E-state index contributed by atoms with van der Waals surface area (Å²) in [5.74, 6) is -6.55. The molecule has 3 aromatic carbocycles. The van der Waals surface area contributed by atoms with E-state index in [1.807, 2.05) is 0 Å². The van der Waals surface area contributed by atoms with Crippen molar-refractivity contribution in [3.05, 3.63) is 89.5 Å². The zero-order valence-electron chi connectivity index (χ0n) is 28.4. The first-order valence-electron chi connectivity index (χ1n) is 16.0. The molecule has 17 heteroatoms. The van der Waals surface area contributed by atoms with E-state index < -0.39 is 102 Å². The van der Waals surface area contributed by atoms with E-state index in [2.05, 4.69) is 9.93 Å². The molecule has 2 atom stereocenters. The van der Waals surface area contributed by atoms with Crippen LogP contribution in [0.3, 0.4) is 0 Å². The number of benzene rings is 3. The summed E-state index contributed by atoms with van der Waals surface area (Å²) >= 11 is 0. The number of methoxy groups -OCH3 is 1. The standard InChI is InChI=1S/C37H36O17/c1-49-36(47)37(14-15-50-54-48)19-30(51-32(44)11-5-21-2-8-24(38)27(41)16-21)35(53-34(46)13-7-23-4-10-26(40)29(43)18-23)31(20-37)52-33(45)12-6-22-3-9-25(39)28(42)17-22/h2-13,16-18,30-31,35,38-43,48H,14-15,19-20H2,1H3/b11-5+,12-6+,13-7+/t30-,31-,35-,37-/m1/s1. The lowest BCUT2D eigenvalue weighted by molar-refractivity contribution is -0.491. The molecule has 0 unspecified atom stereocenters. The summed E-state index contributed by atoms with van der Waals surface area (Å²) in [6.07, 6.45) is 0.923. The smallest absolute Gasteiger partial charge is 0.331 e. The lowest BCUT2D eigenvalue weighted by Crippen LogP contribution is -2.56. The highest BCUT2D eigenvalue weighted by Gasteiger charge is 2.55. The van der Waals surface area contributed by atoms with Crippen molar-refractivity contribution < 1.29 is 83.9 Å². The van der Waals surface area contributed by atoms with Gasteiger partial charge >= 0.3 is 23.9 Å². The molecule has 0 aliphatic heterocycles. The summed E-state index contributed by atoms with van der Waals surface area (Å²) in [6, 6.07) is 11.2. The maximum atomic E-state index is 13.4. The van der Waals surface area contributed by atoms with Crippen LogP contribution in [0.15, 0.2) is 72.8 Å². The Kier molecular flexibility index (Phi) is 13.6. The third-order valence-electron chi connectivity index (χ3n) is 8.27. The minimum atomic E-state index is -1.66. The second-order valence-corrected chi connectivity index (χ2v) is 11.9. The Hall–Kier alpha value is -6.56. The largest absolute Gasteiger partial charge is 0.504 e. The van der Waals surface area contributed by atoms with Gasteiger partial charge in [0.25, 0.3) is 0 Å². The number of hydrogen-bond donors (Lipinski definition) is 7. The normalized spacial score (nSPS) is 19.9. The Morgan fingerprint density at radius 1 is 0.630 bits per heavy atom. The minimum absolute atomic E-state index is 0.251. The monoisotopic (exact) mass is 752 g/mol. The number of aromatic hydroxyl groups is 6. The highest BCUT2D eigenvalue weighted by atomic mass is 17.5. The molecule has 0 bridgehead atoms. The van der Waals surface area contributed by atoms with Gasteiger partial charge in [-0.25, -0.2) is 24.5 Å². The molecule has 0 spiro atoms. The second kappa shape index (κ2) is 18.3. The Morgan fingerprint density at radius 2 is 1.02 bits per heavy atom. The fourth-order valence-electron chi connectivity index (χ4n) is 5.63. The van der Waals surface area contributed by atoms with Crippen LogP contribution < -0.4 is 0 Å². The number of rotatable bonds is 14. The fraction of sp³-hybridized carbons (Fsp3) is 0.243. The van der Waals surface area contributed by atoms with Crippen LogP contribution in [0.1, 0.15) is 36.0 Å². The van der Waals surface area contributed by atoms with Crippen LogP contribution in [0.2, 0.25) is 0 Å². The van der Waals surface area contributed by atoms with Crippen molar-refractivity contribution in [3.63, 3.8) is 0 Å². The second-order valence-electron chi connectivity index (χ2n) is 11.9. The number of ether oxygens (including phenoxy) is 4. The molecule has 1 fully saturated rings. The number of phenolic OH excluding ortho intramolecular Hbond substituents is 6. The van der Waals surface area contributed by atoms with Gasteiger partial charge in [0.15, 0.2) is 40.6 Å². The van der Waals surface area contributed by atoms with E-state index in [0.29, 0.717) is 0 Å². The van der Waals surface area contributed by atoms with Gasteiger partial charge in [-0.05, 0) is 77.7 Å². The summed E-state index contributed by atoms with van der Waals surface area (Å²) in [4.78, 5) is 57.6. The molecule has 0 amide bonds. The zero-order chi connectivity index (χ0) is 39.4. The maximum absolute atomic E-state index is 13.4. The molecule has 1 aliphatic rings. The quantitative estimate of drug-likeness (QED) is 0.0234. The van der Waals surface area contributed by atoms with E-state index in [0.717, 1.165) is 31.4 Å². The van der Waals surface area contributed by atoms with Crippen LogP contribution in [0.25, 0.3) is 18.2 Å². The van der Waals surface area contributed by atoms with Gasteiger partial charge in [-0.15, -0.1) is 0 Å². The molecule has 0 radical (unpaired) electrons. The molecule has 1 aliphatic carbocycles. The van der Waals surface area contributed by atoms with Crippen LogP contribution >= 0.6 is 0 Å². The SMILES string of the molecule is COC(=O)[C@]1(CCOOO)C[C@@H](OC(=O)/C=C/c2ccc(O)c(O)c2)[C@@H](OC(=O)/C=C/c2ccc(O)c(O)c2)[C@H](OC(=O)/C=C/c2ccc(O)c(O)c2)C1. The number of phenols is 6.